The fourth-order valence-corrected chi connectivity index (χ4v) is 3.45. The van der Waals surface area contributed by atoms with Gasteiger partial charge in [-0.05, 0) is 55.0 Å². The molecular weight excluding hydrogens is 430 g/mol. The highest BCUT2D eigenvalue weighted by Crippen LogP contribution is 2.23. The summed E-state index contributed by atoms with van der Waals surface area (Å²) in [6.07, 6.45) is 1.83. The first-order valence-electron chi connectivity index (χ1n) is 9.94. The fourth-order valence-electron chi connectivity index (χ4n) is 2.79. The Morgan fingerprint density at radius 2 is 1.91 bits per heavy atom. The summed E-state index contributed by atoms with van der Waals surface area (Å²) in [7, 11) is 3.25. The van der Waals surface area contributed by atoms with Gasteiger partial charge in [0.1, 0.15) is 23.9 Å². The van der Waals surface area contributed by atoms with Crippen molar-refractivity contribution in [3.8, 4) is 17.2 Å². The van der Waals surface area contributed by atoms with Gasteiger partial charge >= 0.3 is 5.97 Å². The molecule has 0 spiro atoms. The highest BCUT2D eigenvalue weighted by molar-refractivity contribution is 7.13. The van der Waals surface area contributed by atoms with Crippen molar-refractivity contribution in [2.75, 3.05) is 26.3 Å². The molecule has 0 bridgehead atoms. The van der Waals surface area contributed by atoms with E-state index in [0.29, 0.717) is 24.0 Å². The van der Waals surface area contributed by atoms with E-state index in [1.165, 1.54) is 11.3 Å². The van der Waals surface area contributed by atoms with Gasteiger partial charge in [0.05, 0.1) is 39.2 Å². The van der Waals surface area contributed by atoms with Crippen molar-refractivity contribution in [2.45, 2.75) is 20.0 Å². The van der Waals surface area contributed by atoms with E-state index in [1.54, 1.807) is 32.7 Å². The number of nitrogens with one attached hydrogen (secondary N) is 1. The van der Waals surface area contributed by atoms with Crippen LogP contribution in [0.2, 0.25) is 0 Å². The van der Waals surface area contributed by atoms with Gasteiger partial charge in [0.25, 0.3) is 0 Å². The number of rotatable bonds is 11. The van der Waals surface area contributed by atoms with Crippen LogP contribution in [0.3, 0.4) is 0 Å². The molecule has 0 amide bonds. The highest BCUT2D eigenvalue weighted by Gasteiger charge is 2.08. The van der Waals surface area contributed by atoms with Crippen molar-refractivity contribution in [1.82, 2.24) is 4.98 Å². The number of nitrogens with zero attached hydrogens (tertiary/aromatic N) is 2. The predicted octanol–water partition coefficient (Wildman–Crippen LogP) is 4.29. The number of hydrogen-bond acceptors (Lipinski definition) is 9. The molecule has 0 saturated heterocycles. The summed E-state index contributed by atoms with van der Waals surface area (Å²) in [5, 5.41) is 6.63. The third-order valence-corrected chi connectivity index (χ3v) is 5.11. The Bertz CT molecular complexity index is 1050. The molecule has 0 saturated carbocycles. The Kier molecular flexibility index (Phi) is 8.44. The predicted molar refractivity (Wildman–Crippen MR) is 124 cm³/mol. The van der Waals surface area contributed by atoms with Crippen molar-refractivity contribution in [2.24, 2.45) is 5.10 Å². The van der Waals surface area contributed by atoms with Crippen LogP contribution in [0.4, 0.5) is 5.13 Å². The average molecular weight is 456 g/mol. The van der Waals surface area contributed by atoms with Crippen molar-refractivity contribution in [1.29, 1.82) is 0 Å². The maximum Gasteiger partial charge on any atom is 0.311 e. The van der Waals surface area contributed by atoms with Crippen LogP contribution in [0.1, 0.15) is 23.7 Å². The molecule has 0 atom stereocenters. The number of ether oxygens (including phenoxy) is 4. The quantitative estimate of drug-likeness (QED) is 0.262. The molecule has 0 aliphatic carbocycles. The topological polar surface area (TPSA) is 91.3 Å². The van der Waals surface area contributed by atoms with Gasteiger partial charge in [-0.3, -0.25) is 10.2 Å². The molecule has 3 aromatic rings. The van der Waals surface area contributed by atoms with Crippen molar-refractivity contribution >= 4 is 28.7 Å². The van der Waals surface area contributed by atoms with E-state index in [0.717, 1.165) is 28.4 Å². The van der Waals surface area contributed by atoms with Crippen LogP contribution < -0.4 is 19.6 Å². The second kappa shape index (κ2) is 11.7. The summed E-state index contributed by atoms with van der Waals surface area (Å²) >= 11 is 1.37. The Morgan fingerprint density at radius 1 is 1.12 bits per heavy atom. The molecule has 0 fully saturated rings. The Morgan fingerprint density at radius 3 is 2.62 bits per heavy atom. The van der Waals surface area contributed by atoms with Crippen LogP contribution in [-0.4, -0.2) is 38.0 Å². The highest BCUT2D eigenvalue weighted by atomic mass is 32.1. The van der Waals surface area contributed by atoms with Crippen molar-refractivity contribution in [3.05, 3.63) is 64.7 Å². The number of hydrogen-bond donors (Lipinski definition) is 1. The summed E-state index contributed by atoms with van der Waals surface area (Å²) < 4.78 is 21.4. The van der Waals surface area contributed by atoms with Crippen LogP contribution in [0.25, 0.3) is 0 Å². The second-order valence-corrected chi connectivity index (χ2v) is 7.39. The van der Waals surface area contributed by atoms with Gasteiger partial charge in [0.15, 0.2) is 0 Å². The van der Waals surface area contributed by atoms with Crippen molar-refractivity contribution in [3.63, 3.8) is 0 Å². The van der Waals surface area contributed by atoms with Gasteiger partial charge in [0.2, 0.25) is 5.13 Å². The van der Waals surface area contributed by atoms with Crippen LogP contribution >= 0.6 is 11.3 Å². The number of carbonyl (C=O) groups is 1. The first kappa shape index (κ1) is 23.1. The van der Waals surface area contributed by atoms with Crippen LogP contribution in [0.5, 0.6) is 17.2 Å². The Hall–Kier alpha value is -3.59. The molecule has 0 aliphatic rings. The number of methoxy groups -OCH3 is 2. The number of benzene rings is 2. The lowest BCUT2D eigenvalue weighted by Gasteiger charge is -2.11. The zero-order chi connectivity index (χ0) is 22.8. The number of esters is 1. The van der Waals surface area contributed by atoms with Gasteiger partial charge in [-0.2, -0.15) is 5.10 Å². The zero-order valence-electron chi connectivity index (χ0n) is 18.2. The second-order valence-electron chi connectivity index (χ2n) is 6.53. The summed E-state index contributed by atoms with van der Waals surface area (Å²) in [6, 6.07) is 13.1. The third kappa shape index (κ3) is 6.71. The zero-order valence-corrected chi connectivity index (χ0v) is 19.0. The minimum absolute atomic E-state index is 0.145. The summed E-state index contributed by atoms with van der Waals surface area (Å²) in [5.41, 5.74) is 5.29. The molecule has 1 heterocycles. The van der Waals surface area contributed by atoms with Gasteiger partial charge in [-0.15, -0.1) is 11.3 Å². The van der Waals surface area contributed by atoms with E-state index < -0.39 is 0 Å². The standard InChI is InChI=1S/C23H25N3O5S/c1-4-30-22(27)12-18-15-32-23(25-18)26-24-13-16-5-10-21(29-3)17(11-16)14-31-20-8-6-19(28-2)7-9-20/h5-11,13,15H,4,12,14H2,1-3H3,(H,25,26). The molecule has 2 aromatic carbocycles. The van der Waals surface area contributed by atoms with Gasteiger partial charge in [-0.25, -0.2) is 4.98 Å². The molecule has 1 aromatic heterocycles. The summed E-state index contributed by atoms with van der Waals surface area (Å²) in [4.78, 5) is 15.9. The normalized spacial score (nSPS) is 10.7. The van der Waals surface area contributed by atoms with Gasteiger partial charge < -0.3 is 18.9 Å². The number of carbonyl (C=O) groups excluding carboxylic acids is 1. The Balaban J connectivity index is 1.60. The van der Waals surface area contributed by atoms with E-state index in [-0.39, 0.29) is 12.4 Å². The number of anilines is 1. The number of hydrazone groups is 1. The van der Waals surface area contributed by atoms with Gasteiger partial charge in [-0.1, -0.05) is 0 Å². The Labute approximate surface area is 190 Å². The maximum absolute atomic E-state index is 11.5. The first-order chi connectivity index (χ1) is 15.6. The molecule has 1 N–H and O–H groups in total. The lowest BCUT2D eigenvalue weighted by Crippen LogP contribution is -2.07. The number of thiazole rings is 1. The lowest BCUT2D eigenvalue weighted by molar-refractivity contribution is -0.142. The molecule has 0 aliphatic heterocycles. The van der Waals surface area contributed by atoms with Crippen molar-refractivity contribution < 1.29 is 23.7 Å². The van der Waals surface area contributed by atoms with E-state index in [2.05, 4.69) is 15.5 Å². The molecule has 168 valence electrons. The lowest BCUT2D eigenvalue weighted by atomic mass is 10.1. The smallest absolute Gasteiger partial charge is 0.311 e. The molecule has 8 nitrogen and oxygen atoms in total. The minimum atomic E-state index is -0.296. The molecule has 0 radical (unpaired) electrons. The monoisotopic (exact) mass is 455 g/mol. The first-order valence-corrected chi connectivity index (χ1v) is 10.8. The minimum Gasteiger partial charge on any atom is -0.497 e. The SMILES string of the molecule is CCOC(=O)Cc1csc(NN=Cc2ccc(OC)c(COc3ccc(OC)cc3)c2)n1. The third-order valence-electron chi connectivity index (χ3n) is 4.31. The van der Waals surface area contributed by atoms with Crippen LogP contribution in [-0.2, 0) is 22.6 Å². The summed E-state index contributed by atoms with van der Waals surface area (Å²) in [6.45, 7) is 2.47. The molecule has 3 rings (SSSR count). The average Bonchev–Trinajstić information content (AvgIpc) is 3.25. The van der Waals surface area contributed by atoms with E-state index in [9.17, 15) is 4.79 Å². The van der Waals surface area contributed by atoms with E-state index in [1.807, 2.05) is 42.5 Å². The van der Waals surface area contributed by atoms with Crippen LogP contribution in [0, 0.1) is 0 Å². The molecule has 32 heavy (non-hydrogen) atoms. The van der Waals surface area contributed by atoms with Crippen LogP contribution in [0.15, 0.2) is 52.9 Å². The molecule has 9 heteroatoms. The largest absolute Gasteiger partial charge is 0.497 e. The van der Waals surface area contributed by atoms with E-state index >= 15 is 0 Å². The van der Waals surface area contributed by atoms with E-state index in [4.69, 9.17) is 18.9 Å². The molecular formula is C23H25N3O5S. The van der Waals surface area contributed by atoms with Gasteiger partial charge in [0, 0.05) is 10.9 Å². The molecule has 0 unspecified atom stereocenters. The maximum atomic E-state index is 11.5. The number of aromatic nitrogens is 1. The summed E-state index contributed by atoms with van der Waals surface area (Å²) in [5.74, 6) is 1.94. The fraction of sp³-hybridized carbons (Fsp3) is 0.261.